The van der Waals surface area contributed by atoms with Crippen molar-refractivity contribution >= 4 is 23.9 Å². The largest absolute Gasteiger partial charge is 0.459 e. The summed E-state index contributed by atoms with van der Waals surface area (Å²) in [4.78, 5) is 55.8. The molecule has 3 fully saturated rings. The van der Waals surface area contributed by atoms with Crippen molar-refractivity contribution in [3.63, 3.8) is 0 Å². The molecular formula is C51H58O17. The number of aliphatic hydroxyl groups is 3. The van der Waals surface area contributed by atoms with Crippen LogP contribution < -0.4 is 0 Å². The molecule has 3 aliphatic rings. The monoisotopic (exact) mass is 942 g/mol. The van der Waals surface area contributed by atoms with Crippen LogP contribution in [0.25, 0.3) is 0 Å². The molecule has 0 amide bonds. The molecule has 0 aromatic heterocycles. The van der Waals surface area contributed by atoms with Crippen molar-refractivity contribution < 1.29 is 81.9 Å². The maximum absolute atomic E-state index is 14.2. The Kier molecular flexibility index (Phi) is 18.2. The van der Waals surface area contributed by atoms with E-state index in [-0.39, 0.29) is 41.4 Å². The van der Waals surface area contributed by atoms with Crippen molar-refractivity contribution in [2.75, 3.05) is 26.4 Å². The van der Waals surface area contributed by atoms with Crippen LogP contribution in [0.5, 0.6) is 0 Å². The number of ether oxygens (including phenoxy) is 10. The summed E-state index contributed by atoms with van der Waals surface area (Å²) >= 11 is 0. The summed E-state index contributed by atoms with van der Waals surface area (Å²) in [6.07, 6.45) is -15.1. The van der Waals surface area contributed by atoms with E-state index in [1.54, 1.807) is 84.9 Å². The van der Waals surface area contributed by atoms with Crippen molar-refractivity contribution in [1.82, 2.24) is 0 Å². The van der Waals surface area contributed by atoms with Gasteiger partial charge in [0.05, 0.1) is 41.6 Å². The number of benzene rings is 4. The molecule has 364 valence electrons. The predicted molar refractivity (Wildman–Crippen MR) is 239 cm³/mol. The highest BCUT2D eigenvalue weighted by Crippen LogP contribution is 2.37. The maximum Gasteiger partial charge on any atom is 0.338 e. The van der Waals surface area contributed by atoms with Gasteiger partial charge in [0, 0.05) is 12.5 Å². The van der Waals surface area contributed by atoms with Crippen molar-refractivity contribution in [2.24, 2.45) is 5.92 Å². The molecule has 17 nitrogen and oxygen atoms in total. The van der Waals surface area contributed by atoms with Gasteiger partial charge in [-0.1, -0.05) is 93.1 Å². The molecule has 0 radical (unpaired) electrons. The third kappa shape index (κ3) is 12.7. The average Bonchev–Trinajstić information content (AvgIpc) is 3.38. The molecule has 3 heterocycles. The first kappa shape index (κ1) is 50.3. The van der Waals surface area contributed by atoms with Gasteiger partial charge in [-0.25, -0.2) is 19.2 Å². The number of unbranched alkanes of at least 4 members (excludes halogenated alkanes) is 1. The van der Waals surface area contributed by atoms with E-state index in [1.807, 2.05) is 13.8 Å². The molecular weight excluding hydrogens is 885 g/mol. The zero-order valence-corrected chi connectivity index (χ0v) is 37.8. The van der Waals surface area contributed by atoms with E-state index in [2.05, 4.69) is 0 Å². The fraction of sp³-hybridized carbons (Fsp3) is 0.451. The molecule has 3 N–H and O–H groups in total. The van der Waals surface area contributed by atoms with Crippen LogP contribution in [0.15, 0.2) is 121 Å². The summed E-state index contributed by atoms with van der Waals surface area (Å²) < 4.78 is 62.9. The highest BCUT2D eigenvalue weighted by atomic mass is 16.8. The van der Waals surface area contributed by atoms with Crippen LogP contribution in [0, 0.1) is 5.92 Å². The van der Waals surface area contributed by atoms with Crippen LogP contribution in [0.4, 0.5) is 0 Å². The van der Waals surface area contributed by atoms with Crippen LogP contribution in [0.3, 0.4) is 0 Å². The first-order chi connectivity index (χ1) is 33.1. The molecule has 5 unspecified atom stereocenters. The second kappa shape index (κ2) is 24.6. The standard InChI is InChI=1S/C51H58O17/c1-3-4-27-59-50-44(66-48(58)35-23-15-8-16-24-35)42(64-46(56)33-19-11-6-12-20-33)40(38(63-50)30-60-45(55)32-17-9-5-10-18-32)67-51-43(65-47(57)34-21-13-7-14-22-34)41(39(54)37(29-53)62-51)68-49-31(2)25-26-36(28-52)61-49/h5-24,31,36-44,49-54H,3-4,25-30H2,1-2H3/t31-,36?,37?,38?,39-,40+,41?,42?,43-,44-,49-,50+,51-/m0/s1. The van der Waals surface area contributed by atoms with Crippen molar-refractivity contribution in [3.05, 3.63) is 144 Å². The zero-order valence-electron chi connectivity index (χ0n) is 37.8. The summed E-state index contributed by atoms with van der Waals surface area (Å²) in [6.45, 7) is 2.27. The lowest BCUT2D eigenvalue weighted by molar-refractivity contribution is -0.370. The second-order valence-electron chi connectivity index (χ2n) is 16.7. The Hall–Kier alpha value is -5.60. The molecule has 3 saturated heterocycles. The predicted octanol–water partition coefficient (Wildman–Crippen LogP) is 5.04. The van der Waals surface area contributed by atoms with E-state index < -0.39 is 111 Å². The highest BCUT2D eigenvalue weighted by Gasteiger charge is 2.57. The molecule has 13 atom stereocenters. The number of hydrogen-bond acceptors (Lipinski definition) is 17. The first-order valence-electron chi connectivity index (χ1n) is 22.9. The van der Waals surface area contributed by atoms with E-state index >= 15 is 0 Å². The van der Waals surface area contributed by atoms with Crippen molar-refractivity contribution in [2.45, 2.75) is 113 Å². The van der Waals surface area contributed by atoms with Crippen LogP contribution in [-0.2, 0) is 47.4 Å². The molecule has 17 heteroatoms. The third-order valence-corrected chi connectivity index (χ3v) is 11.8. The molecule has 3 aliphatic heterocycles. The quantitative estimate of drug-likeness (QED) is 0.0636. The van der Waals surface area contributed by atoms with Crippen molar-refractivity contribution in [3.8, 4) is 0 Å². The number of esters is 4. The fourth-order valence-corrected chi connectivity index (χ4v) is 8.05. The van der Waals surface area contributed by atoms with Gasteiger partial charge in [-0.2, -0.15) is 0 Å². The number of rotatable bonds is 19. The van der Waals surface area contributed by atoms with Gasteiger partial charge < -0.3 is 62.7 Å². The Balaban J connectivity index is 1.33. The molecule has 0 spiro atoms. The lowest BCUT2D eigenvalue weighted by atomic mass is 9.95. The van der Waals surface area contributed by atoms with Gasteiger partial charge in [0.25, 0.3) is 0 Å². The van der Waals surface area contributed by atoms with E-state index in [0.717, 1.165) is 0 Å². The lowest BCUT2D eigenvalue weighted by Gasteiger charge is -2.49. The highest BCUT2D eigenvalue weighted by molar-refractivity contribution is 5.91. The smallest absolute Gasteiger partial charge is 0.338 e. The van der Waals surface area contributed by atoms with Gasteiger partial charge in [-0.05, 0) is 67.8 Å². The Morgan fingerprint density at radius 3 is 1.51 bits per heavy atom. The van der Waals surface area contributed by atoms with Crippen LogP contribution in [0.2, 0.25) is 0 Å². The number of carbonyl (C=O) groups excluding carboxylic acids is 4. The molecule has 7 rings (SSSR count). The van der Waals surface area contributed by atoms with Gasteiger partial charge in [0.15, 0.2) is 37.2 Å². The second-order valence-corrected chi connectivity index (χ2v) is 16.7. The number of hydrogen-bond donors (Lipinski definition) is 3. The third-order valence-electron chi connectivity index (χ3n) is 11.8. The maximum atomic E-state index is 14.2. The SMILES string of the molecule is CCCCO[C@@H]1OC(COC(=O)c2ccccc2)[C@@H](O[C@@H]2OC(CO)[C@H](O)C(O[C@@H]3OC(CO)CC[C@@H]3C)[C@@H]2OC(=O)c2ccccc2)C(OC(=O)c2ccccc2)[C@@H]1OC(=O)c1ccccc1. The van der Waals surface area contributed by atoms with Gasteiger partial charge in [0.2, 0.25) is 0 Å². The molecule has 0 aliphatic carbocycles. The van der Waals surface area contributed by atoms with Gasteiger partial charge in [-0.15, -0.1) is 0 Å². The van der Waals surface area contributed by atoms with Crippen molar-refractivity contribution in [1.29, 1.82) is 0 Å². The van der Waals surface area contributed by atoms with Gasteiger partial charge in [0.1, 0.15) is 37.1 Å². The van der Waals surface area contributed by atoms with E-state index in [0.29, 0.717) is 25.7 Å². The summed E-state index contributed by atoms with van der Waals surface area (Å²) in [6, 6.07) is 32.2. The molecule has 0 bridgehead atoms. The Labute approximate surface area is 394 Å². The molecule has 4 aromatic carbocycles. The summed E-state index contributed by atoms with van der Waals surface area (Å²) in [7, 11) is 0. The minimum absolute atomic E-state index is 0.110. The van der Waals surface area contributed by atoms with Gasteiger partial charge >= 0.3 is 23.9 Å². The Morgan fingerprint density at radius 1 is 0.544 bits per heavy atom. The first-order valence-corrected chi connectivity index (χ1v) is 22.9. The normalized spacial score (nSPS) is 29.3. The zero-order chi connectivity index (χ0) is 48.0. The van der Waals surface area contributed by atoms with Crippen LogP contribution in [-0.4, -0.2) is 139 Å². The minimum atomic E-state index is -1.79. The lowest BCUT2D eigenvalue weighted by Crippen LogP contribution is -2.67. The fourth-order valence-electron chi connectivity index (χ4n) is 8.05. The topological polar surface area (TPSA) is 221 Å². The average molecular weight is 943 g/mol. The number of aliphatic hydroxyl groups excluding tert-OH is 3. The van der Waals surface area contributed by atoms with Crippen LogP contribution in [0.1, 0.15) is 81.0 Å². The van der Waals surface area contributed by atoms with E-state index in [1.165, 1.54) is 36.4 Å². The number of carbonyl (C=O) groups is 4. The summed E-state index contributed by atoms with van der Waals surface area (Å²) in [5.74, 6) is -3.59. The molecule has 0 saturated carbocycles. The minimum Gasteiger partial charge on any atom is -0.459 e. The summed E-state index contributed by atoms with van der Waals surface area (Å²) in [5.41, 5.74) is 0.594. The van der Waals surface area contributed by atoms with E-state index in [9.17, 15) is 34.5 Å². The Morgan fingerprint density at radius 2 is 1.01 bits per heavy atom. The molecule has 68 heavy (non-hydrogen) atoms. The molecule has 4 aromatic rings. The Bertz CT molecular complexity index is 2200. The van der Waals surface area contributed by atoms with E-state index in [4.69, 9.17) is 47.4 Å². The summed E-state index contributed by atoms with van der Waals surface area (Å²) in [5, 5.41) is 32.5. The van der Waals surface area contributed by atoms with Gasteiger partial charge in [-0.3, -0.25) is 0 Å². The van der Waals surface area contributed by atoms with Crippen LogP contribution >= 0.6 is 0 Å².